The van der Waals surface area contributed by atoms with E-state index in [0.717, 1.165) is 24.5 Å². The third-order valence-corrected chi connectivity index (χ3v) is 4.24. The van der Waals surface area contributed by atoms with Crippen molar-refractivity contribution in [1.29, 1.82) is 0 Å². The number of quaternary nitrogens is 1. The van der Waals surface area contributed by atoms with Crippen LogP contribution < -0.4 is 4.90 Å². The van der Waals surface area contributed by atoms with E-state index < -0.39 is 0 Å². The van der Waals surface area contributed by atoms with Gasteiger partial charge in [0.1, 0.15) is 25.5 Å². The molecule has 136 valence electrons. The fourth-order valence-corrected chi connectivity index (χ4v) is 3.02. The molecule has 0 aliphatic heterocycles. The van der Waals surface area contributed by atoms with Gasteiger partial charge in [-0.2, -0.15) is 0 Å². The molecule has 0 aliphatic carbocycles. The van der Waals surface area contributed by atoms with E-state index in [-0.39, 0.29) is 11.4 Å². The van der Waals surface area contributed by atoms with Crippen LogP contribution in [0.1, 0.15) is 37.7 Å². The molecule has 2 aromatic carbocycles. The van der Waals surface area contributed by atoms with E-state index in [9.17, 15) is 4.39 Å². The van der Waals surface area contributed by atoms with Gasteiger partial charge >= 0.3 is 0 Å². The Morgan fingerprint density at radius 2 is 1.50 bits per heavy atom. The molecule has 3 rings (SSSR count). The predicted octanol–water partition coefficient (Wildman–Crippen LogP) is 2.35. The van der Waals surface area contributed by atoms with Crippen molar-refractivity contribution in [3.63, 3.8) is 0 Å². The molecule has 1 atom stereocenters. The molecule has 0 aliphatic rings. The standard InChI is InChI=1S/C20H24FN5/c1-20(2,3)26-19(22-23-24-26)15-25(13-16-7-5-4-6-8-16)14-17-9-11-18(21)12-10-17/h4-12H,13-15H2,1-3H3/p+1. The van der Waals surface area contributed by atoms with E-state index in [4.69, 9.17) is 0 Å². The van der Waals surface area contributed by atoms with E-state index >= 15 is 0 Å². The summed E-state index contributed by atoms with van der Waals surface area (Å²) in [6, 6.07) is 17.1. The van der Waals surface area contributed by atoms with Crippen LogP contribution in [0.3, 0.4) is 0 Å². The third kappa shape index (κ3) is 4.73. The SMILES string of the molecule is CC(C)(C)n1nnnc1C[NH+](Cc1ccccc1)Cc1ccc(F)cc1. The van der Waals surface area contributed by atoms with Gasteiger partial charge in [0.05, 0.1) is 5.54 Å². The quantitative estimate of drug-likeness (QED) is 0.739. The van der Waals surface area contributed by atoms with E-state index in [1.807, 2.05) is 35.0 Å². The van der Waals surface area contributed by atoms with Gasteiger partial charge in [-0.15, -0.1) is 5.10 Å². The molecule has 5 nitrogen and oxygen atoms in total. The first-order valence-corrected chi connectivity index (χ1v) is 8.81. The lowest BCUT2D eigenvalue weighted by atomic mass is 10.1. The summed E-state index contributed by atoms with van der Waals surface area (Å²) >= 11 is 0. The van der Waals surface area contributed by atoms with Crippen molar-refractivity contribution >= 4 is 0 Å². The molecule has 3 aromatic rings. The Morgan fingerprint density at radius 3 is 2.12 bits per heavy atom. The monoisotopic (exact) mass is 354 g/mol. The first-order valence-electron chi connectivity index (χ1n) is 8.81. The molecule has 1 unspecified atom stereocenters. The summed E-state index contributed by atoms with van der Waals surface area (Å²) in [6.45, 7) is 8.56. The fourth-order valence-electron chi connectivity index (χ4n) is 3.02. The predicted molar refractivity (Wildman–Crippen MR) is 97.7 cm³/mol. The molecule has 0 amide bonds. The summed E-state index contributed by atoms with van der Waals surface area (Å²) < 4.78 is 15.1. The number of hydrogen-bond acceptors (Lipinski definition) is 3. The maximum absolute atomic E-state index is 13.2. The second kappa shape index (κ2) is 7.74. The van der Waals surface area contributed by atoms with E-state index in [1.54, 1.807) is 0 Å². The van der Waals surface area contributed by atoms with Crippen LogP contribution in [-0.2, 0) is 25.2 Å². The Morgan fingerprint density at radius 1 is 0.885 bits per heavy atom. The summed E-state index contributed by atoms with van der Waals surface area (Å²) in [5.74, 6) is 0.639. The van der Waals surface area contributed by atoms with Gasteiger partial charge < -0.3 is 4.90 Å². The van der Waals surface area contributed by atoms with Gasteiger partial charge in [-0.05, 0) is 43.3 Å². The number of rotatable bonds is 6. The fraction of sp³-hybridized carbons (Fsp3) is 0.350. The molecular weight excluding hydrogens is 329 g/mol. The zero-order valence-corrected chi connectivity index (χ0v) is 15.5. The second-order valence-electron chi connectivity index (χ2n) is 7.57. The van der Waals surface area contributed by atoms with E-state index in [2.05, 4.69) is 48.4 Å². The first kappa shape index (κ1) is 18.2. The minimum atomic E-state index is -0.213. The maximum Gasteiger partial charge on any atom is 0.206 e. The van der Waals surface area contributed by atoms with Gasteiger partial charge in [-0.25, -0.2) is 9.07 Å². The van der Waals surface area contributed by atoms with Crippen molar-refractivity contribution in [2.24, 2.45) is 0 Å². The third-order valence-electron chi connectivity index (χ3n) is 4.24. The molecule has 0 saturated carbocycles. The average Bonchev–Trinajstić information content (AvgIpc) is 3.06. The molecular formula is C20H25FN5+. The number of hydrogen-bond donors (Lipinski definition) is 1. The van der Waals surface area contributed by atoms with Crippen LogP contribution in [0.25, 0.3) is 0 Å². The highest BCUT2D eigenvalue weighted by molar-refractivity contribution is 5.15. The van der Waals surface area contributed by atoms with Crippen LogP contribution in [0.5, 0.6) is 0 Å². The summed E-state index contributed by atoms with van der Waals surface area (Å²) in [5.41, 5.74) is 2.17. The summed E-state index contributed by atoms with van der Waals surface area (Å²) in [7, 11) is 0. The Labute approximate surface area is 153 Å². The molecule has 1 aromatic heterocycles. The molecule has 6 heteroatoms. The normalized spacial score (nSPS) is 12.9. The summed E-state index contributed by atoms with van der Waals surface area (Å²) in [4.78, 5) is 1.29. The number of nitrogens with zero attached hydrogens (tertiary/aromatic N) is 4. The number of aromatic nitrogens is 4. The molecule has 0 radical (unpaired) electrons. The minimum Gasteiger partial charge on any atom is -0.321 e. The highest BCUT2D eigenvalue weighted by Crippen LogP contribution is 2.12. The van der Waals surface area contributed by atoms with Crippen LogP contribution in [-0.4, -0.2) is 20.2 Å². The number of benzene rings is 2. The van der Waals surface area contributed by atoms with E-state index in [0.29, 0.717) is 6.54 Å². The maximum atomic E-state index is 13.2. The summed E-state index contributed by atoms with van der Waals surface area (Å²) in [6.07, 6.45) is 0. The largest absolute Gasteiger partial charge is 0.321 e. The topological polar surface area (TPSA) is 48.0 Å². The highest BCUT2D eigenvalue weighted by Gasteiger charge is 2.23. The lowest BCUT2D eigenvalue weighted by Gasteiger charge is -2.23. The lowest BCUT2D eigenvalue weighted by molar-refractivity contribution is -0.941. The Bertz CT molecular complexity index is 821. The Balaban J connectivity index is 1.83. The molecule has 0 saturated heterocycles. The van der Waals surface area contributed by atoms with Crippen molar-refractivity contribution in [2.75, 3.05) is 0 Å². The van der Waals surface area contributed by atoms with Crippen molar-refractivity contribution in [3.8, 4) is 0 Å². The van der Waals surface area contributed by atoms with Crippen LogP contribution in [0.15, 0.2) is 54.6 Å². The smallest absolute Gasteiger partial charge is 0.206 e. The van der Waals surface area contributed by atoms with Gasteiger partial charge in [0.15, 0.2) is 0 Å². The van der Waals surface area contributed by atoms with Gasteiger partial charge in [-0.3, -0.25) is 0 Å². The number of tetrazole rings is 1. The first-order chi connectivity index (χ1) is 12.4. The Kier molecular flexibility index (Phi) is 5.42. The Hall–Kier alpha value is -2.60. The average molecular weight is 354 g/mol. The lowest BCUT2D eigenvalue weighted by Crippen LogP contribution is -3.08. The second-order valence-corrected chi connectivity index (χ2v) is 7.57. The van der Waals surface area contributed by atoms with Crippen LogP contribution >= 0.6 is 0 Å². The van der Waals surface area contributed by atoms with Gasteiger partial charge in [-0.1, -0.05) is 42.5 Å². The number of halogens is 1. The zero-order valence-electron chi connectivity index (χ0n) is 15.5. The molecule has 1 heterocycles. The van der Waals surface area contributed by atoms with Crippen LogP contribution in [0.4, 0.5) is 4.39 Å². The van der Waals surface area contributed by atoms with E-state index in [1.165, 1.54) is 22.6 Å². The van der Waals surface area contributed by atoms with Gasteiger partial charge in [0.2, 0.25) is 5.82 Å². The highest BCUT2D eigenvalue weighted by atomic mass is 19.1. The molecule has 26 heavy (non-hydrogen) atoms. The molecule has 0 spiro atoms. The van der Waals surface area contributed by atoms with Crippen LogP contribution in [0.2, 0.25) is 0 Å². The minimum absolute atomic E-state index is 0.174. The van der Waals surface area contributed by atoms with Crippen molar-refractivity contribution in [3.05, 3.63) is 77.4 Å². The van der Waals surface area contributed by atoms with Crippen molar-refractivity contribution in [1.82, 2.24) is 20.2 Å². The van der Waals surface area contributed by atoms with Gasteiger partial charge in [0.25, 0.3) is 0 Å². The number of nitrogens with one attached hydrogen (secondary N) is 1. The zero-order chi connectivity index (χ0) is 18.6. The summed E-state index contributed by atoms with van der Waals surface area (Å²) in [5, 5.41) is 12.3. The molecule has 1 N–H and O–H groups in total. The van der Waals surface area contributed by atoms with Crippen LogP contribution in [0, 0.1) is 5.82 Å². The van der Waals surface area contributed by atoms with Crippen molar-refractivity contribution < 1.29 is 9.29 Å². The van der Waals surface area contributed by atoms with Crippen molar-refractivity contribution in [2.45, 2.75) is 45.9 Å². The van der Waals surface area contributed by atoms with Gasteiger partial charge in [0, 0.05) is 11.1 Å². The molecule has 0 bridgehead atoms. The molecule has 0 fully saturated rings.